The van der Waals surface area contributed by atoms with E-state index in [4.69, 9.17) is 0 Å². The fraction of sp³-hybridized carbons (Fsp3) is 0.106. The van der Waals surface area contributed by atoms with Gasteiger partial charge in [-0.1, -0.05) is 66.2 Å². The normalized spacial score (nSPS) is 11.9. The SMILES string of the molecule is Cc1ccc(N(c2ccc3c4ccc(C)cc4n(C)c3c2)c2ccc3c4ccc(N(C)c5ccc6sc7ccccc7c6c5)cc4n(C)c3c2)cc1. The molecule has 5 heteroatoms. The van der Waals surface area contributed by atoms with Crippen LogP contribution in [0.3, 0.4) is 0 Å². The van der Waals surface area contributed by atoms with Gasteiger partial charge in [-0.05, 0) is 98.3 Å². The van der Waals surface area contributed by atoms with Crippen LogP contribution in [0.4, 0.5) is 28.4 Å². The monoisotopic (exact) mass is 690 g/mol. The lowest BCUT2D eigenvalue weighted by Crippen LogP contribution is -2.10. The number of fused-ring (bicyclic) bond motifs is 9. The van der Waals surface area contributed by atoms with E-state index in [-0.39, 0.29) is 0 Å². The smallest absolute Gasteiger partial charge is 0.0509 e. The van der Waals surface area contributed by atoms with E-state index >= 15 is 0 Å². The molecule has 3 heterocycles. The fourth-order valence-corrected chi connectivity index (χ4v) is 9.27. The van der Waals surface area contributed by atoms with Crippen molar-refractivity contribution in [1.82, 2.24) is 9.13 Å². The molecule has 0 amide bonds. The average molecular weight is 691 g/mol. The predicted octanol–water partition coefficient (Wildman–Crippen LogP) is 13.2. The summed E-state index contributed by atoms with van der Waals surface area (Å²) in [6, 6.07) is 51.9. The van der Waals surface area contributed by atoms with E-state index in [1.807, 2.05) is 11.3 Å². The summed E-state index contributed by atoms with van der Waals surface area (Å²) >= 11 is 1.86. The zero-order chi connectivity index (χ0) is 35.2. The number of hydrogen-bond donors (Lipinski definition) is 0. The highest BCUT2D eigenvalue weighted by molar-refractivity contribution is 7.25. The lowest BCUT2D eigenvalue weighted by molar-refractivity contribution is 1.01. The van der Waals surface area contributed by atoms with E-state index in [9.17, 15) is 0 Å². The number of benzene rings is 7. The zero-order valence-electron chi connectivity index (χ0n) is 30.0. The Morgan fingerprint density at radius 1 is 0.404 bits per heavy atom. The van der Waals surface area contributed by atoms with E-state index in [0.29, 0.717) is 0 Å². The molecule has 0 atom stereocenters. The van der Waals surface area contributed by atoms with E-state index in [1.165, 1.54) is 80.6 Å². The van der Waals surface area contributed by atoms with Gasteiger partial charge in [0.25, 0.3) is 0 Å². The lowest BCUT2D eigenvalue weighted by atomic mass is 10.1. The molecular formula is C47H38N4S. The molecule has 0 aliphatic carbocycles. The summed E-state index contributed by atoms with van der Waals surface area (Å²) in [6.07, 6.45) is 0. The van der Waals surface area contributed by atoms with E-state index in [1.54, 1.807) is 0 Å². The van der Waals surface area contributed by atoms with Gasteiger partial charge in [0.15, 0.2) is 0 Å². The summed E-state index contributed by atoms with van der Waals surface area (Å²) < 4.78 is 7.34. The van der Waals surface area contributed by atoms with Crippen molar-refractivity contribution in [2.45, 2.75) is 13.8 Å². The van der Waals surface area contributed by atoms with Crippen molar-refractivity contribution in [2.75, 3.05) is 16.8 Å². The summed E-state index contributed by atoms with van der Waals surface area (Å²) in [5, 5.41) is 7.72. The fourth-order valence-electron chi connectivity index (χ4n) is 8.18. The Kier molecular flexibility index (Phi) is 6.80. The maximum absolute atomic E-state index is 2.39. The Bertz CT molecular complexity index is 3030. The average Bonchev–Trinajstić information content (AvgIpc) is 3.78. The van der Waals surface area contributed by atoms with Gasteiger partial charge >= 0.3 is 0 Å². The van der Waals surface area contributed by atoms with Crippen LogP contribution in [0.25, 0.3) is 63.8 Å². The summed E-state index contributed by atoms with van der Waals surface area (Å²) in [7, 11) is 6.55. The van der Waals surface area contributed by atoms with Gasteiger partial charge in [0.2, 0.25) is 0 Å². The third-order valence-electron chi connectivity index (χ3n) is 11.1. The third-order valence-corrected chi connectivity index (χ3v) is 12.2. The molecule has 0 N–H and O–H groups in total. The molecule has 252 valence electrons. The van der Waals surface area contributed by atoms with Crippen LogP contribution in [0, 0.1) is 13.8 Å². The number of thiophene rings is 1. The summed E-state index contributed by atoms with van der Waals surface area (Å²) in [5.74, 6) is 0. The molecule has 10 aromatic rings. The zero-order valence-corrected chi connectivity index (χ0v) is 30.8. The second-order valence-electron chi connectivity index (χ2n) is 14.3. The van der Waals surface area contributed by atoms with Crippen molar-refractivity contribution in [3.63, 3.8) is 0 Å². The molecule has 0 spiro atoms. The molecule has 0 aliphatic heterocycles. The standard InChI is InChI=1S/C47H38N4S/c1-29-10-13-31(14-11-29)51(34-16-21-38-36-19-12-30(2)24-42(36)49(4)44(38)27-34)35-17-22-39-37-20-15-33(26-43(37)50(5)45(39)28-35)48(3)32-18-23-47-41(25-32)40-8-6-7-9-46(40)52-47/h6-28H,1-5H3. The van der Waals surface area contributed by atoms with Crippen molar-refractivity contribution in [3.8, 4) is 0 Å². The van der Waals surface area contributed by atoms with Gasteiger partial charge < -0.3 is 18.9 Å². The second-order valence-corrected chi connectivity index (χ2v) is 15.3. The van der Waals surface area contributed by atoms with Crippen LogP contribution in [0.15, 0.2) is 140 Å². The second kappa shape index (κ2) is 11.5. The van der Waals surface area contributed by atoms with Gasteiger partial charge in [0.05, 0.1) is 16.6 Å². The molecule has 0 bridgehead atoms. The largest absolute Gasteiger partial charge is 0.345 e. The molecule has 52 heavy (non-hydrogen) atoms. The van der Waals surface area contributed by atoms with Gasteiger partial charge in [0.1, 0.15) is 0 Å². The Morgan fingerprint density at radius 2 is 0.865 bits per heavy atom. The minimum Gasteiger partial charge on any atom is -0.345 e. The summed E-state index contributed by atoms with van der Waals surface area (Å²) in [4.78, 5) is 4.69. The van der Waals surface area contributed by atoms with E-state index < -0.39 is 0 Å². The molecule has 4 nitrogen and oxygen atoms in total. The van der Waals surface area contributed by atoms with Crippen LogP contribution < -0.4 is 9.80 Å². The van der Waals surface area contributed by atoms with Crippen molar-refractivity contribution in [2.24, 2.45) is 14.1 Å². The van der Waals surface area contributed by atoms with Crippen LogP contribution in [0.1, 0.15) is 11.1 Å². The number of aryl methyl sites for hydroxylation is 4. The molecule has 3 aromatic heterocycles. The number of anilines is 5. The van der Waals surface area contributed by atoms with Crippen molar-refractivity contribution < 1.29 is 0 Å². The maximum Gasteiger partial charge on any atom is 0.0509 e. The summed E-state index contributed by atoms with van der Waals surface area (Å²) in [5.41, 5.74) is 13.2. The summed E-state index contributed by atoms with van der Waals surface area (Å²) in [6.45, 7) is 4.31. The predicted molar refractivity (Wildman–Crippen MR) is 226 cm³/mol. The molecule has 7 aromatic carbocycles. The lowest BCUT2D eigenvalue weighted by Gasteiger charge is -2.26. The molecular weight excluding hydrogens is 653 g/mol. The highest BCUT2D eigenvalue weighted by atomic mass is 32.1. The number of aromatic nitrogens is 2. The molecule has 10 rings (SSSR count). The van der Waals surface area contributed by atoms with Crippen molar-refractivity contribution >= 4 is 104 Å². The van der Waals surface area contributed by atoms with Crippen LogP contribution in [-0.2, 0) is 14.1 Å². The molecule has 0 unspecified atom stereocenters. The first-order valence-electron chi connectivity index (χ1n) is 17.9. The first-order chi connectivity index (χ1) is 25.3. The van der Waals surface area contributed by atoms with Crippen molar-refractivity contribution in [3.05, 3.63) is 151 Å². The number of rotatable bonds is 5. The number of hydrogen-bond acceptors (Lipinski definition) is 3. The maximum atomic E-state index is 2.39. The van der Waals surface area contributed by atoms with Gasteiger partial charge in [-0.15, -0.1) is 11.3 Å². The molecule has 0 aliphatic rings. The highest BCUT2D eigenvalue weighted by Gasteiger charge is 2.19. The first-order valence-corrected chi connectivity index (χ1v) is 18.7. The van der Waals surface area contributed by atoms with E-state index in [0.717, 1.165) is 22.7 Å². The topological polar surface area (TPSA) is 16.3 Å². The number of nitrogens with zero attached hydrogens (tertiary/aromatic N) is 4. The van der Waals surface area contributed by atoms with Crippen LogP contribution in [0.2, 0.25) is 0 Å². The molecule has 0 radical (unpaired) electrons. The Balaban J connectivity index is 1.09. The highest BCUT2D eigenvalue weighted by Crippen LogP contribution is 2.42. The molecule has 0 saturated carbocycles. The minimum atomic E-state index is 1.13. The Hall–Kier alpha value is -6.04. The van der Waals surface area contributed by atoms with Crippen LogP contribution in [-0.4, -0.2) is 16.2 Å². The Labute approximate surface area is 307 Å². The van der Waals surface area contributed by atoms with Gasteiger partial charge in [-0.3, -0.25) is 0 Å². The first kappa shape index (κ1) is 30.8. The third kappa shape index (κ3) is 4.66. The van der Waals surface area contributed by atoms with E-state index in [2.05, 4.69) is 193 Å². The van der Waals surface area contributed by atoms with Crippen LogP contribution >= 0.6 is 11.3 Å². The molecule has 0 fully saturated rings. The van der Waals surface area contributed by atoms with Crippen molar-refractivity contribution in [1.29, 1.82) is 0 Å². The van der Waals surface area contributed by atoms with Gasteiger partial charge in [-0.25, -0.2) is 0 Å². The van der Waals surface area contributed by atoms with Crippen LogP contribution in [0.5, 0.6) is 0 Å². The Morgan fingerprint density at radius 3 is 1.52 bits per heavy atom. The quantitative estimate of drug-likeness (QED) is 0.179. The minimum absolute atomic E-state index is 1.13. The van der Waals surface area contributed by atoms with Gasteiger partial charge in [0, 0.05) is 96.8 Å². The van der Waals surface area contributed by atoms with Gasteiger partial charge in [-0.2, -0.15) is 0 Å². The molecule has 0 saturated heterocycles.